The van der Waals surface area contributed by atoms with Crippen molar-refractivity contribution in [1.82, 2.24) is 0 Å². The summed E-state index contributed by atoms with van der Waals surface area (Å²) in [7, 11) is 0. The van der Waals surface area contributed by atoms with Crippen LogP contribution >= 0.6 is 0 Å². The highest BCUT2D eigenvalue weighted by molar-refractivity contribution is 5.47. The molecule has 0 bridgehead atoms. The van der Waals surface area contributed by atoms with Gasteiger partial charge < -0.3 is 9.84 Å². The monoisotopic (exact) mass is 234 g/mol. The molecule has 2 nitrogen and oxygen atoms in total. The second-order valence-electron chi connectivity index (χ2n) is 5.30. The Morgan fingerprint density at radius 3 is 2.12 bits per heavy atom. The largest absolute Gasteiger partial charge is 0.387 e. The fourth-order valence-corrected chi connectivity index (χ4v) is 1.19. The first kappa shape index (κ1) is 13.9. The molecule has 1 aromatic carbocycles. The maximum atomic E-state index is 9.97. The lowest BCUT2D eigenvalue weighted by molar-refractivity contribution is -0.153. The summed E-state index contributed by atoms with van der Waals surface area (Å²) in [4.78, 5) is 0. The molecule has 0 amide bonds. The Morgan fingerprint density at radius 2 is 1.71 bits per heavy atom. The number of aliphatic hydroxyl groups is 1. The molecule has 0 aromatic heterocycles. The zero-order valence-corrected chi connectivity index (χ0v) is 11.2. The Kier molecular flexibility index (Phi) is 4.12. The maximum absolute atomic E-state index is 9.97. The van der Waals surface area contributed by atoms with Crippen molar-refractivity contribution in [2.75, 3.05) is 0 Å². The van der Waals surface area contributed by atoms with Gasteiger partial charge in [-0.3, -0.25) is 0 Å². The van der Waals surface area contributed by atoms with Crippen LogP contribution in [0.2, 0.25) is 0 Å². The van der Waals surface area contributed by atoms with Crippen LogP contribution in [-0.2, 0) is 11.3 Å². The van der Waals surface area contributed by atoms with Crippen molar-refractivity contribution in [3.05, 3.63) is 42.0 Å². The van der Waals surface area contributed by atoms with Crippen molar-refractivity contribution < 1.29 is 9.84 Å². The van der Waals surface area contributed by atoms with Gasteiger partial charge in [0.15, 0.2) is 0 Å². The van der Waals surface area contributed by atoms with Crippen molar-refractivity contribution in [1.29, 1.82) is 0 Å². The molecule has 0 aliphatic carbocycles. The fraction of sp³-hybridized carbons (Fsp3) is 0.467. The Bertz CT molecular complexity index is 369. The van der Waals surface area contributed by atoms with E-state index < -0.39 is 11.2 Å². The van der Waals surface area contributed by atoms with E-state index >= 15 is 0 Å². The molecule has 0 aliphatic heterocycles. The van der Waals surface area contributed by atoms with Gasteiger partial charge >= 0.3 is 0 Å². The first-order valence-corrected chi connectivity index (χ1v) is 5.84. The van der Waals surface area contributed by atoms with Crippen LogP contribution in [0.1, 0.15) is 38.8 Å². The summed E-state index contributed by atoms with van der Waals surface area (Å²) in [6, 6.07) is 8.03. The molecule has 0 radical (unpaired) electrons. The lowest BCUT2D eigenvalue weighted by atomic mass is 9.89. The van der Waals surface area contributed by atoms with E-state index in [0.717, 1.165) is 11.1 Å². The predicted octanol–water partition coefficient (Wildman–Crippen LogP) is 3.40. The van der Waals surface area contributed by atoms with Gasteiger partial charge in [-0.05, 0) is 38.8 Å². The van der Waals surface area contributed by atoms with Gasteiger partial charge in [0.1, 0.15) is 0 Å². The molecule has 2 heteroatoms. The molecule has 1 rings (SSSR count). The molecule has 0 aliphatic rings. The normalized spacial score (nSPS) is 12.5. The average molecular weight is 234 g/mol. The summed E-state index contributed by atoms with van der Waals surface area (Å²) in [5.74, 6) is 0. The second kappa shape index (κ2) is 5.03. The zero-order chi connectivity index (χ0) is 13.1. The van der Waals surface area contributed by atoms with E-state index in [2.05, 4.69) is 6.58 Å². The molecule has 0 atom stereocenters. The van der Waals surface area contributed by atoms with Crippen LogP contribution in [0.3, 0.4) is 0 Å². The van der Waals surface area contributed by atoms with Gasteiger partial charge in [0.25, 0.3) is 0 Å². The van der Waals surface area contributed by atoms with Crippen LogP contribution in [0.15, 0.2) is 30.8 Å². The molecule has 17 heavy (non-hydrogen) atoms. The minimum atomic E-state index is -0.867. The van der Waals surface area contributed by atoms with E-state index in [4.69, 9.17) is 4.74 Å². The van der Waals surface area contributed by atoms with Crippen molar-refractivity contribution in [3.8, 4) is 0 Å². The standard InChI is InChI=1S/C15H22O2/c1-6-12-7-9-13(10-8-12)11-17-15(4,5)14(2,3)16/h6-10,16H,1,11H2,2-5H3. The Labute approximate surface area is 104 Å². The molecule has 0 heterocycles. The minimum absolute atomic E-state index is 0.494. The number of hydrogen-bond donors (Lipinski definition) is 1. The van der Waals surface area contributed by atoms with Gasteiger partial charge in [-0.2, -0.15) is 0 Å². The molecular formula is C15H22O2. The van der Waals surface area contributed by atoms with Crippen molar-refractivity contribution in [3.63, 3.8) is 0 Å². The predicted molar refractivity (Wildman–Crippen MR) is 71.7 cm³/mol. The first-order chi connectivity index (χ1) is 7.76. The summed E-state index contributed by atoms with van der Waals surface area (Å²) in [6.07, 6.45) is 1.81. The molecule has 94 valence electrons. The third-order valence-electron chi connectivity index (χ3n) is 3.29. The van der Waals surface area contributed by atoms with Crippen LogP contribution in [0.5, 0.6) is 0 Å². The summed E-state index contributed by atoms with van der Waals surface area (Å²) >= 11 is 0. The van der Waals surface area contributed by atoms with Crippen LogP contribution < -0.4 is 0 Å². The smallest absolute Gasteiger partial charge is 0.0911 e. The van der Waals surface area contributed by atoms with Crippen LogP contribution in [0.25, 0.3) is 6.08 Å². The Morgan fingerprint density at radius 1 is 1.18 bits per heavy atom. The number of hydrogen-bond acceptors (Lipinski definition) is 2. The zero-order valence-electron chi connectivity index (χ0n) is 11.2. The highest BCUT2D eigenvalue weighted by atomic mass is 16.5. The van der Waals surface area contributed by atoms with Gasteiger partial charge in [0.05, 0.1) is 17.8 Å². The highest BCUT2D eigenvalue weighted by Crippen LogP contribution is 2.26. The van der Waals surface area contributed by atoms with E-state index in [0.29, 0.717) is 6.61 Å². The molecule has 0 saturated heterocycles. The summed E-state index contributed by atoms with van der Waals surface area (Å²) < 4.78 is 5.78. The second-order valence-corrected chi connectivity index (χ2v) is 5.30. The Hall–Kier alpha value is -1.12. The molecular weight excluding hydrogens is 212 g/mol. The van der Waals surface area contributed by atoms with E-state index in [1.165, 1.54) is 0 Å². The van der Waals surface area contributed by atoms with Crippen LogP contribution in [-0.4, -0.2) is 16.3 Å². The summed E-state index contributed by atoms with van der Waals surface area (Å²) in [6.45, 7) is 11.5. The third kappa shape index (κ3) is 3.69. The molecule has 0 saturated carbocycles. The van der Waals surface area contributed by atoms with Crippen molar-refractivity contribution in [2.45, 2.75) is 45.5 Å². The molecule has 1 N–H and O–H groups in total. The number of rotatable bonds is 5. The lowest BCUT2D eigenvalue weighted by Gasteiger charge is -2.37. The molecule has 0 unspecified atom stereocenters. The van der Waals surface area contributed by atoms with Gasteiger partial charge in [-0.25, -0.2) is 0 Å². The van der Waals surface area contributed by atoms with Gasteiger partial charge in [0, 0.05) is 0 Å². The van der Waals surface area contributed by atoms with Gasteiger partial charge in [-0.15, -0.1) is 0 Å². The SMILES string of the molecule is C=Cc1ccc(COC(C)(C)C(C)(C)O)cc1. The summed E-state index contributed by atoms with van der Waals surface area (Å²) in [5, 5.41) is 9.97. The van der Waals surface area contributed by atoms with E-state index in [1.54, 1.807) is 13.8 Å². The van der Waals surface area contributed by atoms with Crippen LogP contribution in [0.4, 0.5) is 0 Å². The number of ether oxygens (including phenoxy) is 1. The van der Waals surface area contributed by atoms with Gasteiger partial charge in [0.2, 0.25) is 0 Å². The maximum Gasteiger partial charge on any atom is 0.0911 e. The highest BCUT2D eigenvalue weighted by Gasteiger charge is 2.35. The lowest BCUT2D eigenvalue weighted by Crippen LogP contribution is -2.47. The quantitative estimate of drug-likeness (QED) is 0.846. The van der Waals surface area contributed by atoms with E-state index in [9.17, 15) is 5.11 Å². The van der Waals surface area contributed by atoms with Crippen LogP contribution in [0, 0.1) is 0 Å². The fourth-order valence-electron chi connectivity index (χ4n) is 1.19. The molecule has 1 aromatic rings. The number of benzene rings is 1. The van der Waals surface area contributed by atoms with Crippen molar-refractivity contribution >= 4 is 6.08 Å². The third-order valence-corrected chi connectivity index (χ3v) is 3.29. The first-order valence-electron chi connectivity index (χ1n) is 5.84. The van der Waals surface area contributed by atoms with Gasteiger partial charge in [-0.1, -0.05) is 36.9 Å². The van der Waals surface area contributed by atoms with E-state index in [-0.39, 0.29) is 0 Å². The topological polar surface area (TPSA) is 29.5 Å². The minimum Gasteiger partial charge on any atom is -0.387 e. The van der Waals surface area contributed by atoms with E-state index in [1.807, 2.05) is 44.2 Å². The Balaban J connectivity index is 2.64. The average Bonchev–Trinajstić information content (AvgIpc) is 2.25. The summed E-state index contributed by atoms with van der Waals surface area (Å²) in [5.41, 5.74) is 0.737. The van der Waals surface area contributed by atoms with Crippen molar-refractivity contribution in [2.24, 2.45) is 0 Å². The molecule has 0 fully saturated rings. The molecule has 0 spiro atoms.